The van der Waals surface area contributed by atoms with Gasteiger partial charge in [-0.25, -0.2) is 13.3 Å². The van der Waals surface area contributed by atoms with E-state index < -0.39 is 34.3 Å². The Bertz CT molecular complexity index is 1540. The summed E-state index contributed by atoms with van der Waals surface area (Å²) in [6, 6.07) is 19.2. The minimum absolute atomic E-state index is 0.0652. The number of anilines is 2. The smallest absolute Gasteiger partial charge is 0.405 e. The van der Waals surface area contributed by atoms with Crippen LogP contribution in [0.25, 0.3) is 0 Å². The molecular weight excluding hydrogens is 578 g/mol. The summed E-state index contributed by atoms with van der Waals surface area (Å²) >= 11 is -2.97. The molecule has 0 aromatic heterocycles. The lowest BCUT2D eigenvalue weighted by Gasteiger charge is -2.24. The van der Waals surface area contributed by atoms with E-state index in [-0.39, 0.29) is 36.1 Å². The number of primary amides is 1. The molecule has 4 N–H and O–H groups in total. The van der Waals surface area contributed by atoms with Crippen molar-refractivity contribution in [1.29, 1.82) is 5.26 Å². The van der Waals surface area contributed by atoms with Crippen molar-refractivity contribution in [2.75, 3.05) is 9.62 Å². The SMILES string of the molecule is N#Cc1ccc(COc2ccc(C[C@H](OC(N)=O)C(=O)N(c3ccc(NC4CCCC4)c([N+](=O)[O-])c3)S(=O)O)cc2)cc1. The van der Waals surface area contributed by atoms with Crippen molar-refractivity contribution in [3.63, 3.8) is 0 Å². The number of nitriles is 1. The number of hydrogen-bond acceptors (Lipinski definition) is 9. The van der Waals surface area contributed by atoms with Crippen LogP contribution in [-0.2, 0) is 33.8 Å². The molecule has 0 saturated heterocycles. The number of amides is 2. The molecule has 13 nitrogen and oxygen atoms in total. The standard InChI is InChI=1S/C29H29N5O8S/c30-17-20-5-7-21(8-6-20)18-41-24-12-9-19(10-13-24)15-27(42-29(31)36)28(35)33(43(39)40)23-11-14-25(26(16-23)34(37)38)32-22-3-1-2-4-22/h5-14,16,22,27,32H,1-4,15,18H2,(H2,31,36)(H,39,40)/t27-/m0/s1. The minimum Gasteiger partial charge on any atom is -0.489 e. The Morgan fingerprint density at radius 2 is 1.77 bits per heavy atom. The average molecular weight is 608 g/mol. The van der Waals surface area contributed by atoms with E-state index in [0.29, 0.717) is 21.2 Å². The van der Waals surface area contributed by atoms with Gasteiger partial charge in [0.2, 0.25) is 0 Å². The monoisotopic (exact) mass is 607 g/mol. The number of carbonyl (C=O) groups is 2. The zero-order chi connectivity index (χ0) is 30.9. The summed E-state index contributed by atoms with van der Waals surface area (Å²) in [7, 11) is 0. The Morgan fingerprint density at radius 3 is 2.35 bits per heavy atom. The van der Waals surface area contributed by atoms with E-state index in [0.717, 1.165) is 37.3 Å². The number of ether oxygens (including phenoxy) is 2. The van der Waals surface area contributed by atoms with Crippen LogP contribution in [0.1, 0.15) is 42.4 Å². The number of nitro benzene ring substituents is 1. The number of benzene rings is 3. The highest BCUT2D eigenvalue weighted by Crippen LogP contribution is 2.33. The first-order valence-electron chi connectivity index (χ1n) is 13.3. The van der Waals surface area contributed by atoms with E-state index in [1.54, 1.807) is 48.5 Å². The predicted molar refractivity (Wildman–Crippen MR) is 157 cm³/mol. The molecule has 0 aliphatic heterocycles. The quantitative estimate of drug-likeness (QED) is 0.149. The molecule has 2 amide bonds. The fourth-order valence-electron chi connectivity index (χ4n) is 4.73. The Kier molecular flexibility index (Phi) is 10.3. The van der Waals surface area contributed by atoms with Crippen molar-refractivity contribution in [3.05, 3.63) is 93.5 Å². The van der Waals surface area contributed by atoms with Crippen LogP contribution < -0.4 is 20.1 Å². The summed E-state index contributed by atoms with van der Waals surface area (Å²) in [5, 5.41) is 23.9. The molecule has 3 aromatic carbocycles. The van der Waals surface area contributed by atoms with Gasteiger partial charge >= 0.3 is 6.09 Å². The molecule has 0 bridgehead atoms. The van der Waals surface area contributed by atoms with E-state index in [1.165, 1.54) is 12.1 Å². The molecule has 2 atom stereocenters. The lowest BCUT2D eigenvalue weighted by Crippen LogP contribution is -2.44. The van der Waals surface area contributed by atoms with Gasteiger partial charge in [0.15, 0.2) is 6.10 Å². The summed E-state index contributed by atoms with van der Waals surface area (Å²) in [5.74, 6) is -0.602. The number of nitrogens with one attached hydrogen (secondary N) is 1. The third kappa shape index (κ3) is 8.28. The van der Waals surface area contributed by atoms with Crippen LogP contribution >= 0.6 is 0 Å². The Labute approximate surface area is 249 Å². The van der Waals surface area contributed by atoms with Gasteiger partial charge in [-0.1, -0.05) is 37.1 Å². The minimum atomic E-state index is -2.97. The largest absolute Gasteiger partial charge is 0.489 e. The molecule has 224 valence electrons. The maximum absolute atomic E-state index is 13.5. The number of hydrogen-bond donors (Lipinski definition) is 3. The number of nitro groups is 1. The van der Waals surface area contributed by atoms with E-state index in [9.17, 15) is 28.5 Å². The fraction of sp³-hybridized carbons (Fsp3) is 0.276. The molecule has 14 heteroatoms. The third-order valence-corrected chi connectivity index (χ3v) is 7.55. The maximum atomic E-state index is 13.5. The van der Waals surface area contributed by atoms with Crippen LogP contribution in [0.4, 0.5) is 21.9 Å². The van der Waals surface area contributed by atoms with Crippen molar-refractivity contribution in [2.45, 2.75) is 50.9 Å². The summed E-state index contributed by atoms with van der Waals surface area (Å²) in [5.41, 5.74) is 6.70. The molecule has 43 heavy (non-hydrogen) atoms. The van der Waals surface area contributed by atoms with Gasteiger partial charge in [-0.15, -0.1) is 0 Å². The summed E-state index contributed by atoms with van der Waals surface area (Å²) < 4.78 is 33.5. The zero-order valence-corrected chi connectivity index (χ0v) is 23.7. The average Bonchev–Trinajstić information content (AvgIpc) is 3.50. The summed E-state index contributed by atoms with van der Waals surface area (Å²) in [6.07, 6.45) is 0.618. The second-order valence-corrected chi connectivity index (χ2v) is 10.6. The number of nitrogens with zero attached hydrogens (tertiary/aromatic N) is 3. The molecule has 1 aliphatic rings. The molecule has 0 spiro atoms. The maximum Gasteiger partial charge on any atom is 0.405 e. The third-order valence-electron chi connectivity index (χ3n) is 6.85. The highest BCUT2D eigenvalue weighted by atomic mass is 32.2. The Balaban J connectivity index is 1.50. The molecule has 0 heterocycles. The van der Waals surface area contributed by atoms with Gasteiger partial charge in [0.05, 0.1) is 22.2 Å². The van der Waals surface area contributed by atoms with Gasteiger partial charge in [0, 0.05) is 18.5 Å². The fourth-order valence-corrected chi connectivity index (χ4v) is 5.30. The van der Waals surface area contributed by atoms with Crippen LogP contribution in [0.5, 0.6) is 5.75 Å². The lowest BCUT2D eigenvalue weighted by molar-refractivity contribution is -0.383. The Hall–Kier alpha value is -5.00. The van der Waals surface area contributed by atoms with Crippen molar-refractivity contribution < 1.29 is 32.7 Å². The van der Waals surface area contributed by atoms with Gasteiger partial charge in [-0.05, 0) is 60.4 Å². The van der Waals surface area contributed by atoms with Crippen molar-refractivity contribution in [3.8, 4) is 11.8 Å². The van der Waals surface area contributed by atoms with Crippen molar-refractivity contribution in [2.24, 2.45) is 5.73 Å². The molecule has 1 aliphatic carbocycles. The van der Waals surface area contributed by atoms with Crippen LogP contribution in [0.15, 0.2) is 66.7 Å². The van der Waals surface area contributed by atoms with E-state index >= 15 is 0 Å². The first-order chi connectivity index (χ1) is 20.6. The molecule has 4 rings (SSSR count). The topological polar surface area (TPSA) is 198 Å². The normalized spacial score (nSPS) is 14.2. The van der Waals surface area contributed by atoms with Gasteiger partial charge in [0.25, 0.3) is 22.9 Å². The molecule has 3 aromatic rings. The van der Waals surface area contributed by atoms with Crippen molar-refractivity contribution in [1.82, 2.24) is 0 Å². The lowest BCUT2D eigenvalue weighted by atomic mass is 10.1. The van der Waals surface area contributed by atoms with E-state index in [4.69, 9.17) is 20.5 Å². The molecule has 0 radical (unpaired) electrons. The summed E-state index contributed by atoms with van der Waals surface area (Å²) in [6.45, 7) is 0.245. The molecule has 1 unspecified atom stereocenters. The number of rotatable bonds is 12. The highest BCUT2D eigenvalue weighted by Gasteiger charge is 2.33. The Morgan fingerprint density at radius 1 is 1.12 bits per heavy atom. The molecule has 1 fully saturated rings. The second-order valence-electron chi connectivity index (χ2n) is 9.82. The van der Waals surface area contributed by atoms with Gasteiger partial charge < -0.3 is 20.5 Å². The van der Waals surface area contributed by atoms with Crippen molar-refractivity contribution >= 4 is 40.3 Å². The van der Waals surface area contributed by atoms with Crippen LogP contribution in [-0.4, -0.2) is 37.8 Å². The first-order valence-corrected chi connectivity index (χ1v) is 14.4. The molecular formula is C29H29N5O8S. The first kappa shape index (κ1) is 30.9. The predicted octanol–water partition coefficient (Wildman–Crippen LogP) is 4.58. The van der Waals surface area contributed by atoms with Gasteiger partial charge in [-0.3, -0.25) is 19.5 Å². The second kappa shape index (κ2) is 14.3. The van der Waals surface area contributed by atoms with Crippen LogP contribution in [0.3, 0.4) is 0 Å². The molecule has 1 saturated carbocycles. The van der Waals surface area contributed by atoms with Gasteiger partial charge in [-0.2, -0.15) is 5.26 Å². The summed E-state index contributed by atoms with van der Waals surface area (Å²) in [4.78, 5) is 36.3. The van der Waals surface area contributed by atoms with E-state index in [1.807, 2.05) is 6.07 Å². The van der Waals surface area contributed by atoms with Crippen LogP contribution in [0.2, 0.25) is 0 Å². The highest BCUT2D eigenvalue weighted by molar-refractivity contribution is 7.81. The van der Waals surface area contributed by atoms with Crippen LogP contribution in [0, 0.1) is 21.4 Å². The van der Waals surface area contributed by atoms with Gasteiger partial charge in [0.1, 0.15) is 18.0 Å². The van der Waals surface area contributed by atoms with E-state index in [2.05, 4.69) is 5.32 Å². The number of nitrogens with two attached hydrogens (primary N) is 1. The zero-order valence-electron chi connectivity index (χ0n) is 22.9. The number of carbonyl (C=O) groups excluding carboxylic acids is 2.